The minimum atomic E-state index is -2.54. The Labute approximate surface area is 116 Å². The number of hydrogen-bond donors (Lipinski definition) is 1. The third-order valence-corrected chi connectivity index (χ3v) is 6.85. The fourth-order valence-electron chi connectivity index (χ4n) is 1.37. The van der Waals surface area contributed by atoms with Crippen molar-refractivity contribution in [1.82, 2.24) is 0 Å². The molecule has 2 nitrogen and oxygen atoms in total. The molecule has 0 saturated heterocycles. The molecule has 0 aromatic carbocycles. The van der Waals surface area contributed by atoms with Crippen molar-refractivity contribution in [3.8, 4) is 0 Å². The molecule has 0 aliphatic rings. The molecule has 0 aliphatic heterocycles. The molecule has 5 heteroatoms. The van der Waals surface area contributed by atoms with Crippen LogP contribution in [-0.2, 0) is 16.3 Å². The van der Waals surface area contributed by atoms with Crippen molar-refractivity contribution in [2.75, 3.05) is 12.4 Å². The zero-order valence-corrected chi connectivity index (χ0v) is 13.9. The molecule has 1 N–H and O–H groups in total. The maximum Gasteiger partial charge on any atom is 0.244 e. The predicted octanol–water partition coefficient (Wildman–Crippen LogP) is 4.97. The van der Waals surface area contributed by atoms with E-state index in [0.717, 1.165) is 30.9 Å². The van der Waals surface area contributed by atoms with Crippen LogP contribution in [-0.4, -0.2) is 17.3 Å². The molecule has 0 fully saturated rings. The first kappa shape index (κ1) is 17.9. The maximum absolute atomic E-state index is 9.85. The average molecular weight is 298 g/mol. The lowest BCUT2D eigenvalue weighted by Crippen LogP contribution is -1.93. The fraction of sp³-hybridized carbons (Fsp3) is 1.00. The molecule has 0 amide bonds. The normalized spacial score (nSPS) is 15.1. The van der Waals surface area contributed by atoms with E-state index in [0.29, 0.717) is 6.61 Å². The van der Waals surface area contributed by atoms with Gasteiger partial charge in [-0.3, -0.25) is 0 Å². The van der Waals surface area contributed by atoms with Gasteiger partial charge in [0.1, 0.15) is 0 Å². The number of hydrogen-bond acceptors (Lipinski definition) is 3. The number of unbranched alkanes of at least 4 members (excludes halogenated alkanes) is 3. The molecular formula is C12H27O2PS2. The van der Waals surface area contributed by atoms with Gasteiger partial charge in [0.15, 0.2) is 0 Å². The van der Waals surface area contributed by atoms with Crippen LogP contribution in [0.3, 0.4) is 0 Å². The maximum atomic E-state index is 9.85. The molecule has 0 spiro atoms. The van der Waals surface area contributed by atoms with Crippen LogP contribution >= 0.6 is 17.1 Å². The largest absolute Gasteiger partial charge is 0.337 e. The van der Waals surface area contributed by atoms with E-state index in [1.165, 1.54) is 30.6 Å². The molecule has 0 radical (unpaired) electrons. The van der Waals surface area contributed by atoms with Gasteiger partial charge in [0.2, 0.25) is 5.69 Å². The lowest BCUT2D eigenvalue weighted by atomic mass is 10.1. The Balaban J connectivity index is 3.42. The quantitative estimate of drug-likeness (QED) is 0.431. The molecule has 0 saturated carbocycles. The summed E-state index contributed by atoms with van der Waals surface area (Å²) in [7, 11) is 0. The van der Waals surface area contributed by atoms with E-state index in [9.17, 15) is 4.89 Å². The second-order valence-corrected chi connectivity index (χ2v) is 11.0. The predicted molar refractivity (Wildman–Crippen MR) is 83.1 cm³/mol. The highest BCUT2D eigenvalue weighted by Gasteiger charge is 2.13. The summed E-state index contributed by atoms with van der Waals surface area (Å²) in [5.41, 5.74) is -2.54. The zero-order valence-electron chi connectivity index (χ0n) is 11.4. The summed E-state index contributed by atoms with van der Waals surface area (Å²) >= 11 is 6.51. The van der Waals surface area contributed by atoms with Gasteiger partial charge in [0.05, 0.1) is 6.61 Å². The van der Waals surface area contributed by atoms with Crippen molar-refractivity contribution in [2.45, 2.75) is 59.3 Å². The van der Waals surface area contributed by atoms with E-state index in [1.807, 2.05) is 0 Å². The minimum Gasteiger partial charge on any atom is -0.337 e. The van der Waals surface area contributed by atoms with Gasteiger partial charge in [0, 0.05) is 5.75 Å². The summed E-state index contributed by atoms with van der Waals surface area (Å²) in [5.74, 6) is 1.70. The molecule has 1 unspecified atom stereocenters. The first-order valence-electron chi connectivity index (χ1n) is 6.60. The average Bonchev–Trinajstić information content (AvgIpc) is 2.23. The molecule has 0 aromatic rings. The summed E-state index contributed by atoms with van der Waals surface area (Å²) in [6.07, 6.45) is 6.95. The van der Waals surface area contributed by atoms with Crippen LogP contribution in [0.15, 0.2) is 0 Å². The van der Waals surface area contributed by atoms with Crippen LogP contribution in [0.2, 0.25) is 0 Å². The van der Waals surface area contributed by atoms with Crippen LogP contribution < -0.4 is 0 Å². The van der Waals surface area contributed by atoms with Crippen molar-refractivity contribution in [1.29, 1.82) is 0 Å². The molecule has 0 aromatic heterocycles. The van der Waals surface area contributed by atoms with Gasteiger partial charge >= 0.3 is 0 Å². The van der Waals surface area contributed by atoms with Crippen molar-refractivity contribution < 1.29 is 9.42 Å². The Bertz CT molecular complexity index is 223. The van der Waals surface area contributed by atoms with Crippen molar-refractivity contribution in [3.05, 3.63) is 0 Å². The molecule has 0 rings (SSSR count). The van der Waals surface area contributed by atoms with Gasteiger partial charge in [-0.15, -0.1) is 0 Å². The SMILES string of the molecule is CCCCSP(O)(=S)OCCCCCC(C)C. The van der Waals surface area contributed by atoms with Crippen molar-refractivity contribution in [2.24, 2.45) is 5.92 Å². The minimum absolute atomic E-state index is 0.616. The lowest BCUT2D eigenvalue weighted by molar-refractivity contribution is 0.306. The molecule has 0 heterocycles. The van der Waals surface area contributed by atoms with Crippen LogP contribution in [0, 0.1) is 5.92 Å². The Morgan fingerprint density at radius 2 is 1.94 bits per heavy atom. The third kappa shape index (κ3) is 13.2. The van der Waals surface area contributed by atoms with Crippen molar-refractivity contribution >= 4 is 28.9 Å². The molecule has 104 valence electrons. The van der Waals surface area contributed by atoms with E-state index >= 15 is 0 Å². The van der Waals surface area contributed by atoms with Gasteiger partial charge in [-0.05, 0) is 30.6 Å². The molecule has 0 aliphatic carbocycles. The van der Waals surface area contributed by atoms with E-state index < -0.39 is 5.69 Å². The van der Waals surface area contributed by atoms with Gasteiger partial charge in [-0.25, -0.2) is 0 Å². The number of rotatable bonds is 11. The topological polar surface area (TPSA) is 29.5 Å². The molecule has 0 bridgehead atoms. The second-order valence-electron chi connectivity index (χ2n) is 4.73. The van der Waals surface area contributed by atoms with E-state index in [-0.39, 0.29) is 0 Å². The summed E-state index contributed by atoms with van der Waals surface area (Å²) in [5, 5.41) is 0. The first-order valence-corrected chi connectivity index (χ1v) is 10.9. The Morgan fingerprint density at radius 1 is 1.24 bits per heavy atom. The molecular weight excluding hydrogens is 271 g/mol. The summed E-state index contributed by atoms with van der Waals surface area (Å²) in [6, 6.07) is 0. The lowest BCUT2D eigenvalue weighted by Gasteiger charge is -2.14. The van der Waals surface area contributed by atoms with Crippen molar-refractivity contribution in [3.63, 3.8) is 0 Å². The Morgan fingerprint density at radius 3 is 2.53 bits per heavy atom. The highest BCUT2D eigenvalue weighted by atomic mass is 32.9. The van der Waals surface area contributed by atoms with Gasteiger partial charge in [-0.2, -0.15) is 0 Å². The fourth-order valence-corrected chi connectivity index (χ4v) is 4.88. The van der Waals surface area contributed by atoms with E-state index in [4.69, 9.17) is 16.3 Å². The summed E-state index contributed by atoms with van der Waals surface area (Å²) < 4.78 is 5.43. The summed E-state index contributed by atoms with van der Waals surface area (Å²) in [4.78, 5) is 9.85. The monoisotopic (exact) mass is 298 g/mol. The zero-order chi connectivity index (χ0) is 13.1. The third-order valence-electron chi connectivity index (χ3n) is 2.43. The van der Waals surface area contributed by atoms with Gasteiger partial charge in [0.25, 0.3) is 0 Å². The molecule has 1 atom stereocenters. The van der Waals surface area contributed by atoms with E-state index in [2.05, 4.69) is 20.8 Å². The second kappa shape index (κ2) is 10.8. The Kier molecular flexibility index (Phi) is 11.4. The van der Waals surface area contributed by atoms with Crippen LogP contribution in [0.25, 0.3) is 0 Å². The standard InChI is InChI=1S/C12H27O2PS2/c1-4-5-11-17-15(13,16)14-10-8-6-7-9-12(2)3/h12H,4-11H2,1-3H3,(H,13,16). The van der Waals surface area contributed by atoms with Crippen LogP contribution in [0.4, 0.5) is 0 Å². The van der Waals surface area contributed by atoms with Gasteiger partial charge < -0.3 is 9.42 Å². The first-order chi connectivity index (χ1) is 7.98. The Hall–Kier alpha value is 0.920. The van der Waals surface area contributed by atoms with Crippen LogP contribution in [0.1, 0.15) is 59.3 Å². The van der Waals surface area contributed by atoms with Crippen LogP contribution in [0.5, 0.6) is 0 Å². The van der Waals surface area contributed by atoms with Gasteiger partial charge in [-0.1, -0.05) is 57.8 Å². The summed E-state index contributed by atoms with van der Waals surface area (Å²) in [6.45, 7) is 7.24. The highest BCUT2D eigenvalue weighted by molar-refractivity contribution is 8.67. The highest BCUT2D eigenvalue weighted by Crippen LogP contribution is 2.56. The van der Waals surface area contributed by atoms with E-state index in [1.54, 1.807) is 0 Å². The molecule has 17 heavy (non-hydrogen) atoms. The smallest absolute Gasteiger partial charge is 0.244 e.